The number of aryl methyl sites for hydroxylation is 1. The molecule has 9 nitrogen and oxygen atoms in total. The fourth-order valence-corrected chi connectivity index (χ4v) is 4.85. The molecule has 2 aromatic carbocycles. The number of nitrogens with two attached hydrogens (primary N) is 1. The van der Waals surface area contributed by atoms with E-state index in [1.54, 1.807) is 12.5 Å². The van der Waals surface area contributed by atoms with Gasteiger partial charge in [-0.15, -0.1) is 0 Å². The number of benzene rings is 2. The quantitative estimate of drug-likeness (QED) is 0.272. The smallest absolute Gasteiger partial charge is 0.274 e. The van der Waals surface area contributed by atoms with Crippen molar-refractivity contribution >= 4 is 36.1 Å². The Kier molecular flexibility index (Phi) is 9.27. The molecule has 0 aliphatic carbocycles. The van der Waals surface area contributed by atoms with Gasteiger partial charge in [0.1, 0.15) is 5.84 Å². The van der Waals surface area contributed by atoms with E-state index in [9.17, 15) is 9.59 Å². The third-order valence-corrected chi connectivity index (χ3v) is 6.87. The van der Waals surface area contributed by atoms with Crippen LogP contribution in [0.25, 0.3) is 17.2 Å². The number of aromatic nitrogens is 2. The summed E-state index contributed by atoms with van der Waals surface area (Å²) in [7, 11) is 0. The topological polar surface area (TPSA) is 109 Å². The molecule has 1 aliphatic rings. The minimum absolute atomic E-state index is 0.0164. The van der Waals surface area contributed by atoms with Crippen LogP contribution in [0.15, 0.2) is 70.8 Å². The highest BCUT2D eigenvalue weighted by molar-refractivity contribution is 6.05. The Bertz CT molecular complexity index is 1430. The lowest BCUT2D eigenvalue weighted by Crippen LogP contribution is -2.34. The lowest BCUT2D eigenvalue weighted by Gasteiger charge is -2.22. The van der Waals surface area contributed by atoms with E-state index in [1.165, 1.54) is 5.01 Å². The van der Waals surface area contributed by atoms with Gasteiger partial charge in [0, 0.05) is 61.9 Å². The monoisotopic (exact) mass is 539 g/mol. The second-order valence-corrected chi connectivity index (χ2v) is 9.92. The first kappa shape index (κ1) is 28.5. The second kappa shape index (κ2) is 13.0. The van der Waals surface area contributed by atoms with Crippen molar-refractivity contribution in [3.63, 3.8) is 0 Å². The number of hydrogen-bond acceptors (Lipinski definition) is 6. The molecule has 40 heavy (non-hydrogen) atoms. The maximum Gasteiger partial charge on any atom is 0.274 e. The summed E-state index contributed by atoms with van der Waals surface area (Å²) in [5.41, 5.74) is 11.8. The summed E-state index contributed by atoms with van der Waals surface area (Å²) >= 11 is 0. The summed E-state index contributed by atoms with van der Waals surface area (Å²) < 4.78 is 1.88. The number of hydrogen-bond donors (Lipinski definition) is 1. The summed E-state index contributed by atoms with van der Waals surface area (Å²) in [5.74, 6) is 0.219. The molecule has 2 N–H and O–H groups in total. The van der Waals surface area contributed by atoms with E-state index in [4.69, 9.17) is 5.73 Å². The molecular formula is C31H37N7O2. The highest BCUT2D eigenvalue weighted by Crippen LogP contribution is 2.33. The lowest BCUT2D eigenvalue weighted by molar-refractivity contribution is -0.127. The van der Waals surface area contributed by atoms with Crippen LogP contribution < -0.4 is 5.73 Å². The van der Waals surface area contributed by atoms with Gasteiger partial charge >= 0.3 is 0 Å². The van der Waals surface area contributed by atoms with Gasteiger partial charge in [-0.2, -0.15) is 5.10 Å². The molecule has 0 spiro atoms. The number of hydrazone groups is 1. The first-order valence-electron chi connectivity index (χ1n) is 13.7. The van der Waals surface area contributed by atoms with Crippen LogP contribution in [0.1, 0.15) is 54.6 Å². The predicted molar refractivity (Wildman–Crippen MR) is 160 cm³/mol. The molecule has 4 rings (SSSR count). The number of amidine groups is 1. The third kappa shape index (κ3) is 6.54. The van der Waals surface area contributed by atoms with Crippen LogP contribution in [0.3, 0.4) is 0 Å². The predicted octanol–water partition coefficient (Wildman–Crippen LogP) is 5.04. The molecule has 208 valence electrons. The maximum absolute atomic E-state index is 13.3. The molecule has 0 saturated heterocycles. The van der Waals surface area contributed by atoms with Crippen LogP contribution in [0, 0.1) is 6.92 Å². The van der Waals surface area contributed by atoms with Crippen molar-refractivity contribution in [2.75, 3.05) is 19.6 Å². The molecule has 1 aliphatic heterocycles. The first-order valence-corrected chi connectivity index (χ1v) is 13.7. The molecule has 0 bridgehead atoms. The zero-order valence-corrected chi connectivity index (χ0v) is 23.5. The van der Waals surface area contributed by atoms with E-state index < -0.39 is 0 Å². The van der Waals surface area contributed by atoms with Gasteiger partial charge in [-0.3, -0.25) is 9.59 Å². The van der Waals surface area contributed by atoms with E-state index >= 15 is 0 Å². The number of imidazole rings is 1. The maximum atomic E-state index is 13.3. The highest BCUT2D eigenvalue weighted by atomic mass is 16.2. The standard InChI is InChI=1S/C31H37N7O2/c1-5-12-37(13-6-2)30(39)26-18-25-8-7-24(19-28(25)35-29(32)20-26)23-9-10-27(22(3)17-23)31(40)38(33-4)16-15-36-14-11-34-21-36/h7-11,14,17-19,21H,4-6,12-13,15-16,20H2,1-3H3,(H2,32,35). The molecule has 1 aromatic heterocycles. The molecule has 9 heteroatoms. The molecule has 3 aromatic rings. The van der Waals surface area contributed by atoms with Gasteiger partial charge in [-0.25, -0.2) is 15.0 Å². The molecular weight excluding hydrogens is 502 g/mol. The van der Waals surface area contributed by atoms with Crippen LogP contribution in [0.4, 0.5) is 5.69 Å². The Balaban J connectivity index is 1.57. The van der Waals surface area contributed by atoms with Crippen molar-refractivity contribution in [2.24, 2.45) is 15.8 Å². The van der Waals surface area contributed by atoms with Gasteiger partial charge < -0.3 is 15.2 Å². The number of aliphatic imine (C=N–C) groups is 1. The van der Waals surface area contributed by atoms with Gasteiger partial charge in [0.15, 0.2) is 0 Å². The summed E-state index contributed by atoms with van der Waals surface area (Å²) in [4.78, 5) is 37.0. The average molecular weight is 540 g/mol. The minimum Gasteiger partial charge on any atom is -0.387 e. The highest BCUT2D eigenvalue weighted by Gasteiger charge is 2.21. The lowest BCUT2D eigenvalue weighted by atomic mass is 9.97. The van der Waals surface area contributed by atoms with Crippen molar-refractivity contribution in [1.82, 2.24) is 19.5 Å². The Labute approximate surface area is 235 Å². The van der Waals surface area contributed by atoms with Gasteiger partial charge in [0.05, 0.1) is 18.6 Å². The molecule has 2 heterocycles. The Morgan fingerprint density at radius 1 is 1.05 bits per heavy atom. The zero-order chi connectivity index (χ0) is 28.6. The van der Waals surface area contributed by atoms with Crippen molar-refractivity contribution < 1.29 is 9.59 Å². The Morgan fingerprint density at radius 3 is 2.42 bits per heavy atom. The third-order valence-electron chi connectivity index (χ3n) is 6.87. The van der Waals surface area contributed by atoms with E-state index in [0.29, 0.717) is 36.5 Å². The van der Waals surface area contributed by atoms with Crippen LogP contribution >= 0.6 is 0 Å². The second-order valence-electron chi connectivity index (χ2n) is 9.92. The zero-order valence-electron chi connectivity index (χ0n) is 23.5. The van der Waals surface area contributed by atoms with Crippen LogP contribution in [0.2, 0.25) is 0 Å². The van der Waals surface area contributed by atoms with E-state index in [2.05, 4.69) is 35.6 Å². The summed E-state index contributed by atoms with van der Waals surface area (Å²) in [6.45, 7) is 12.0. The SMILES string of the molecule is C=NN(CCn1ccnc1)C(=O)c1ccc(-c2ccc3c(c2)N=C(N)CC(C(=O)N(CCC)CCC)=C3)cc1C. The van der Waals surface area contributed by atoms with Crippen molar-refractivity contribution in [2.45, 2.75) is 46.6 Å². The first-order chi connectivity index (χ1) is 19.3. The number of fused-ring (bicyclic) bond motifs is 1. The number of carbonyl (C=O) groups excluding carboxylic acids is 2. The van der Waals surface area contributed by atoms with Gasteiger partial charge in [0.2, 0.25) is 5.91 Å². The largest absolute Gasteiger partial charge is 0.387 e. The van der Waals surface area contributed by atoms with Crippen LogP contribution in [-0.4, -0.2) is 63.5 Å². The van der Waals surface area contributed by atoms with E-state index in [1.807, 2.05) is 65.1 Å². The molecule has 0 saturated carbocycles. The molecule has 0 fully saturated rings. The van der Waals surface area contributed by atoms with Gasteiger partial charge in [-0.05, 0) is 54.7 Å². The number of carbonyl (C=O) groups is 2. The number of rotatable bonds is 11. The van der Waals surface area contributed by atoms with Crippen LogP contribution in [0.5, 0.6) is 0 Å². The molecule has 2 amide bonds. The van der Waals surface area contributed by atoms with E-state index in [0.717, 1.165) is 53.9 Å². The van der Waals surface area contributed by atoms with Crippen molar-refractivity contribution in [3.05, 3.63) is 77.4 Å². The average Bonchev–Trinajstić information content (AvgIpc) is 3.40. The minimum atomic E-state index is -0.207. The fraction of sp³-hybridized carbons (Fsp3) is 0.323. The van der Waals surface area contributed by atoms with Gasteiger partial charge in [0.25, 0.3) is 5.91 Å². The molecule has 0 unspecified atom stereocenters. The normalized spacial score (nSPS) is 12.6. The summed E-state index contributed by atoms with van der Waals surface area (Å²) in [6, 6.07) is 11.7. The van der Waals surface area contributed by atoms with Crippen molar-refractivity contribution in [3.8, 4) is 11.1 Å². The van der Waals surface area contributed by atoms with Crippen LogP contribution in [-0.2, 0) is 11.3 Å². The van der Waals surface area contributed by atoms with Gasteiger partial charge in [-0.1, -0.05) is 38.1 Å². The van der Waals surface area contributed by atoms with Crippen molar-refractivity contribution in [1.29, 1.82) is 0 Å². The summed E-state index contributed by atoms with van der Waals surface area (Å²) in [5, 5.41) is 5.31. The van der Waals surface area contributed by atoms with E-state index in [-0.39, 0.29) is 11.8 Å². The Morgan fingerprint density at radius 2 is 1.77 bits per heavy atom. The molecule has 0 radical (unpaired) electrons. The molecule has 0 atom stereocenters. The fourth-order valence-electron chi connectivity index (χ4n) is 4.85. The Hall–Kier alpha value is -4.53. The number of nitrogens with zero attached hydrogens (tertiary/aromatic N) is 6. The number of amides is 2. The summed E-state index contributed by atoms with van der Waals surface area (Å²) in [6.07, 6.45) is 9.27.